The van der Waals surface area contributed by atoms with Gasteiger partial charge in [-0.15, -0.1) is 11.6 Å². The van der Waals surface area contributed by atoms with E-state index in [0.29, 0.717) is 0 Å². The van der Waals surface area contributed by atoms with Gasteiger partial charge in [-0.2, -0.15) is 0 Å². The third-order valence-electron chi connectivity index (χ3n) is 3.57. The highest BCUT2D eigenvalue weighted by atomic mass is 79.9. The first-order chi connectivity index (χ1) is 9.66. The van der Waals surface area contributed by atoms with E-state index in [0.717, 1.165) is 15.6 Å². The molecule has 0 aromatic heterocycles. The largest absolute Gasteiger partial charge is 0.113 e. The fourth-order valence-corrected chi connectivity index (χ4v) is 3.05. The van der Waals surface area contributed by atoms with Gasteiger partial charge in [-0.3, -0.25) is 0 Å². The number of hydrogen-bond acceptors (Lipinski definition) is 0. The van der Waals surface area contributed by atoms with Gasteiger partial charge < -0.3 is 0 Å². The normalized spacial score (nSPS) is 12.6. The van der Waals surface area contributed by atoms with Crippen molar-refractivity contribution in [1.29, 1.82) is 0 Å². The molecular formula is C18H14BrCl. The van der Waals surface area contributed by atoms with Gasteiger partial charge in [0.15, 0.2) is 0 Å². The number of hydrogen-bond donors (Lipinski definition) is 0. The summed E-state index contributed by atoms with van der Waals surface area (Å²) in [5.41, 5.74) is 3.49. The number of aryl methyl sites for hydroxylation is 1. The van der Waals surface area contributed by atoms with Crippen molar-refractivity contribution in [2.24, 2.45) is 0 Å². The first-order valence-electron chi connectivity index (χ1n) is 6.54. The van der Waals surface area contributed by atoms with Crippen LogP contribution in [0.25, 0.3) is 10.8 Å². The van der Waals surface area contributed by atoms with E-state index in [1.807, 2.05) is 0 Å². The first kappa shape index (κ1) is 13.7. The standard InChI is InChI=1S/C18H14BrCl/c1-12-11-14(9-10-17(12)19)18(20)16-8-4-6-13-5-2-3-7-15(13)16/h2-11,18H,1H3. The summed E-state index contributed by atoms with van der Waals surface area (Å²) in [4.78, 5) is 0. The van der Waals surface area contributed by atoms with Crippen LogP contribution in [-0.4, -0.2) is 0 Å². The van der Waals surface area contributed by atoms with Gasteiger partial charge in [-0.05, 0) is 40.5 Å². The van der Waals surface area contributed by atoms with Crippen molar-refractivity contribution in [2.75, 3.05) is 0 Å². The quantitative estimate of drug-likeness (QED) is 0.482. The molecule has 0 aliphatic carbocycles. The molecule has 3 rings (SSSR count). The van der Waals surface area contributed by atoms with E-state index in [4.69, 9.17) is 11.6 Å². The van der Waals surface area contributed by atoms with Crippen molar-refractivity contribution >= 4 is 38.3 Å². The lowest BCUT2D eigenvalue weighted by Gasteiger charge is -2.14. The summed E-state index contributed by atoms with van der Waals surface area (Å²) in [6.45, 7) is 2.08. The highest BCUT2D eigenvalue weighted by Gasteiger charge is 2.14. The lowest BCUT2D eigenvalue weighted by Crippen LogP contribution is -1.95. The van der Waals surface area contributed by atoms with Crippen molar-refractivity contribution in [3.8, 4) is 0 Å². The zero-order chi connectivity index (χ0) is 14.1. The molecule has 1 atom stereocenters. The number of rotatable bonds is 2. The van der Waals surface area contributed by atoms with Crippen molar-refractivity contribution < 1.29 is 0 Å². The minimum absolute atomic E-state index is 0.132. The van der Waals surface area contributed by atoms with E-state index in [1.54, 1.807) is 0 Å². The van der Waals surface area contributed by atoms with Gasteiger partial charge in [0.1, 0.15) is 0 Å². The molecular weight excluding hydrogens is 332 g/mol. The SMILES string of the molecule is Cc1cc(C(Cl)c2cccc3ccccc23)ccc1Br. The molecule has 0 N–H and O–H groups in total. The molecule has 0 spiro atoms. The molecule has 0 radical (unpaired) electrons. The molecule has 0 bridgehead atoms. The van der Waals surface area contributed by atoms with E-state index in [-0.39, 0.29) is 5.38 Å². The second-order valence-corrected chi connectivity index (χ2v) is 6.23. The van der Waals surface area contributed by atoms with Crippen LogP contribution in [0.15, 0.2) is 65.1 Å². The third-order valence-corrected chi connectivity index (χ3v) is 4.95. The minimum Gasteiger partial charge on any atom is -0.113 e. The maximum atomic E-state index is 6.72. The average Bonchev–Trinajstić information content (AvgIpc) is 2.49. The Morgan fingerprint density at radius 1 is 0.950 bits per heavy atom. The fraction of sp³-hybridized carbons (Fsp3) is 0.111. The molecule has 1 unspecified atom stereocenters. The van der Waals surface area contributed by atoms with E-state index in [2.05, 4.69) is 83.5 Å². The Morgan fingerprint density at radius 3 is 2.50 bits per heavy atom. The fourth-order valence-electron chi connectivity index (χ4n) is 2.48. The van der Waals surface area contributed by atoms with Gasteiger partial charge in [0.25, 0.3) is 0 Å². The molecule has 0 aliphatic heterocycles. The molecule has 0 saturated carbocycles. The van der Waals surface area contributed by atoms with Crippen LogP contribution in [0.5, 0.6) is 0 Å². The Hall–Kier alpha value is -1.31. The van der Waals surface area contributed by atoms with Gasteiger partial charge >= 0.3 is 0 Å². The summed E-state index contributed by atoms with van der Waals surface area (Å²) < 4.78 is 1.11. The molecule has 0 aliphatic rings. The van der Waals surface area contributed by atoms with Crippen LogP contribution in [0, 0.1) is 6.92 Å². The average molecular weight is 346 g/mol. The molecule has 0 fully saturated rings. The van der Waals surface area contributed by atoms with Crippen LogP contribution in [0.1, 0.15) is 22.1 Å². The monoisotopic (exact) mass is 344 g/mol. The molecule has 100 valence electrons. The Morgan fingerprint density at radius 2 is 1.70 bits per heavy atom. The molecule has 0 nitrogen and oxygen atoms in total. The molecule has 3 aromatic rings. The van der Waals surface area contributed by atoms with Gasteiger partial charge in [0.2, 0.25) is 0 Å². The maximum absolute atomic E-state index is 6.72. The van der Waals surface area contributed by atoms with Gasteiger partial charge in [-0.25, -0.2) is 0 Å². The third kappa shape index (κ3) is 2.48. The van der Waals surface area contributed by atoms with Gasteiger partial charge in [-0.1, -0.05) is 70.5 Å². The molecule has 0 heterocycles. The van der Waals surface area contributed by atoms with Crippen LogP contribution >= 0.6 is 27.5 Å². The summed E-state index contributed by atoms with van der Waals surface area (Å²) in [6.07, 6.45) is 0. The van der Waals surface area contributed by atoms with Crippen LogP contribution in [0.3, 0.4) is 0 Å². The van der Waals surface area contributed by atoms with Crippen molar-refractivity contribution in [3.05, 3.63) is 81.8 Å². The second kappa shape index (κ2) is 5.59. The van der Waals surface area contributed by atoms with Crippen LogP contribution in [0.2, 0.25) is 0 Å². The van der Waals surface area contributed by atoms with E-state index in [9.17, 15) is 0 Å². The minimum atomic E-state index is -0.132. The summed E-state index contributed by atoms with van der Waals surface area (Å²) in [7, 11) is 0. The van der Waals surface area contributed by atoms with Gasteiger partial charge in [0, 0.05) is 4.47 Å². The van der Waals surface area contributed by atoms with Crippen LogP contribution < -0.4 is 0 Å². The Labute approximate surface area is 132 Å². The van der Waals surface area contributed by atoms with E-state index < -0.39 is 0 Å². The number of halogens is 2. The summed E-state index contributed by atoms with van der Waals surface area (Å²) in [6, 6.07) is 20.9. The predicted octanol–water partition coefficient (Wildman–Crippen LogP) is 6.24. The Bertz CT molecular complexity index is 759. The highest BCUT2D eigenvalue weighted by molar-refractivity contribution is 9.10. The maximum Gasteiger partial charge on any atom is 0.0841 e. The Kier molecular flexibility index (Phi) is 3.82. The van der Waals surface area contributed by atoms with E-state index >= 15 is 0 Å². The smallest absolute Gasteiger partial charge is 0.0841 e. The lowest BCUT2D eigenvalue weighted by molar-refractivity contribution is 1.15. The Balaban J connectivity index is 2.12. The number of fused-ring (bicyclic) bond motifs is 1. The molecule has 0 amide bonds. The number of benzene rings is 3. The first-order valence-corrected chi connectivity index (χ1v) is 7.77. The molecule has 0 saturated heterocycles. The zero-order valence-electron chi connectivity index (χ0n) is 11.1. The lowest BCUT2D eigenvalue weighted by atomic mass is 9.97. The molecule has 20 heavy (non-hydrogen) atoms. The highest BCUT2D eigenvalue weighted by Crippen LogP contribution is 2.35. The number of alkyl halides is 1. The summed E-state index contributed by atoms with van der Waals surface area (Å²) in [5.74, 6) is 0. The van der Waals surface area contributed by atoms with E-state index in [1.165, 1.54) is 16.3 Å². The topological polar surface area (TPSA) is 0 Å². The van der Waals surface area contributed by atoms with Crippen molar-refractivity contribution in [3.63, 3.8) is 0 Å². The predicted molar refractivity (Wildman–Crippen MR) is 90.5 cm³/mol. The van der Waals surface area contributed by atoms with Crippen molar-refractivity contribution in [2.45, 2.75) is 12.3 Å². The summed E-state index contributed by atoms with van der Waals surface area (Å²) in [5, 5.41) is 2.31. The van der Waals surface area contributed by atoms with Crippen LogP contribution in [-0.2, 0) is 0 Å². The zero-order valence-corrected chi connectivity index (χ0v) is 13.4. The second-order valence-electron chi connectivity index (χ2n) is 4.94. The van der Waals surface area contributed by atoms with Crippen molar-refractivity contribution in [1.82, 2.24) is 0 Å². The van der Waals surface area contributed by atoms with Gasteiger partial charge in [0.05, 0.1) is 5.38 Å². The van der Waals surface area contributed by atoms with Crippen LogP contribution in [0.4, 0.5) is 0 Å². The molecule has 3 aromatic carbocycles. The molecule has 2 heteroatoms. The summed E-state index contributed by atoms with van der Waals surface area (Å²) >= 11 is 10.3.